The molecule has 1 aliphatic rings. The Kier molecular flexibility index (Phi) is 3.07. The maximum atomic E-state index is 12.2. The van der Waals surface area contributed by atoms with E-state index in [1.54, 1.807) is 6.07 Å². The normalized spacial score (nSPS) is 24.1. The molecule has 0 bridgehead atoms. The molecule has 0 amide bonds. The molecule has 2 aromatic rings. The van der Waals surface area contributed by atoms with Crippen LogP contribution in [-0.4, -0.2) is 26.7 Å². The fraction of sp³-hybridized carbons (Fsp3) is 0.250. The number of hydrogen-bond acceptors (Lipinski definition) is 6. The Labute approximate surface area is 125 Å². The van der Waals surface area contributed by atoms with Crippen molar-refractivity contribution in [2.24, 2.45) is 0 Å². The molecular formula is C16H14O6. The van der Waals surface area contributed by atoms with Crippen LogP contribution >= 0.6 is 0 Å². The number of fused-ring (bicyclic) bond motifs is 1. The summed E-state index contributed by atoms with van der Waals surface area (Å²) in [6, 6.07) is 6.64. The van der Waals surface area contributed by atoms with Crippen LogP contribution in [0.4, 0.5) is 0 Å². The second-order valence-electron chi connectivity index (χ2n) is 5.67. The summed E-state index contributed by atoms with van der Waals surface area (Å²) in [7, 11) is 0. The van der Waals surface area contributed by atoms with Crippen LogP contribution in [0.2, 0.25) is 0 Å². The lowest BCUT2D eigenvalue weighted by Crippen LogP contribution is -2.41. The molecule has 3 rings (SSSR count). The Hall–Kier alpha value is -2.60. The van der Waals surface area contributed by atoms with Crippen molar-refractivity contribution in [3.8, 4) is 11.5 Å². The molecule has 1 aliphatic carbocycles. The topological polar surface area (TPSA) is 108 Å². The third kappa shape index (κ3) is 2.17. The highest BCUT2D eigenvalue weighted by Gasteiger charge is 2.45. The molecule has 1 heterocycles. The molecule has 22 heavy (non-hydrogen) atoms. The Morgan fingerprint density at radius 3 is 2.64 bits per heavy atom. The number of aliphatic hydroxyl groups is 1. The number of rotatable bonds is 1. The van der Waals surface area contributed by atoms with E-state index in [4.69, 9.17) is 4.42 Å². The van der Waals surface area contributed by atoms with Crippen molar-refractivity contribution in [2.75, 3.05) is 0 Å². The quantitative estimate of drug-likeness (QED) is 0.737. The number of hydrogen-bond donors (Lipinski definition) is 3. The average molecular weight is 302 g/mol. The first-order valence-corrected chi connectivity index (χ1v) is 6.71. The van der Waals surface area contributed by atoms with Crippen molar-refractivity contribution < 1.29 is 24.5 Å². The standard InChI is InChI=1S/C16H14O6/c1-16(21)7-11(19)14-9(3-2-4-10(14)18)15(16)12-5-8(17)6-13(20)22-12/h2-6,15,17-18,21H,7H2,1H3/t15-,16-/m1/s1. The number of phenolic OH excluding ortho intramolecular Hbond substituents is 1. The highest BCUT2D eigenvalue weighted by Crippen LogP contribution is 2.45. The van der Waals surface area contributed by atoms with Gasteiger partial charge in [0.15, 0.2) is 5.78 Å². The van der Waals surface area contributed by atoms with Gasteiger partial charge < -0.3 is 19.7 Å². The molecule has 6 nitrogen and oxygen atoms in total. The number of aromatic hydroxyl groups is 2. The lowest BCUT2D eigenvalue weighted by atomic mass is 9.71. The van der Waals surface area contributed by atoms with E-state index < -0.39 is 22.9 Å². The molecule has 0 radical (unpaired) electrons. The van der Waals surface area contributed by atoms with Gasteiger partial charge in [-0.2, -0.15) is 0 Å². The van der Waals surface area contributed by atoms with Crippen molar-refractivity contribution in [1.29, 1.82) is 0 Å². The van der Waals surface area contributed by atoms with Crippen molar-refractivity contribution in [1.82, 2.24) is 0 Å². The third-order valence-corrected chi connectivity index (χ3v) is 3.86. The van der Waals surface area contributed by atoms with Crippen molar-refractivity contribution in [3.05, 3.63) is 57.6 Å². The highest BCUT2D eigenvalue weighted by molar-refractivity contribution is 6.02. The van der Waals surface area contributed by atoms with Gasteiger partial charge in [0.25, 0.3) is 0 Å². The molecule has 6 heteroatoms. The minimum absolute atomic E-state index is 0.0364. The Balaban J connectivity index is 2.29. The smallest absolute Gasteiger partial charge is 0.339 e. The van der Waals surface area contributed by atoms with Gasteiger partial charge in [0, 0.05) is 12.5 Å². The molecule has 0 aliphatic heterocycles. The summed E-state index contributed by atoms with van der Waals surface area (Å²) in [5.74, 6) is -1.69. The van der Waals surface area contributed by atoms with Crippen LogP contribution in [0.25, 0.3) is 0 Å². The van der Waals surface area contributed by atoms with Gasteiger partial charge in [-0.15, -0.1) is 0 Å². The number of phenols is 1. The maximum absolute atomic E-state index is 12.2. The molecule has 0 saturated carbocycles. The highest BCUT2D eigenvalue weighted by atomic mass is 16.4. The van der Waals surface area contributed by atoms with Gasteiger partial charge in [-0.25, -0.2) is 4.79 Å². The molecule has 114 valence electrons. The van der Waals surface area contributed by atoms with Gasteiger partial charge in [-0.3, -0.25) is 4.79 Å². The van der Waals surface area contributed by atoms with Gasteiger partial charge in [-0.1, -0.05) is 12.1 Å². The Morgan fingerprint density at radius 2 is 1.95 bits per heavy atom. The summed E-state index contributed by atoms with van der Waals surface area (Å²) >= 11 is 0. The number of ketones is 1. The summed E-state index contributed by atoms with van der Waals surface area (Å²) in [6.45, 7) is 1.45. The lowest BCUT2D eigenvalue weighted by Gasteiger charge is -2.37. The van der Waals surface area contributed by atoms with Crippen LogP contribution in [0.1, 0.15) is 40.9 Å². The number of benzene rings is 1. The van der Waals surface area contributed by atoms with E-state index in [9.17, 15) is 24.9 Å². The van der Waals surface area contributed by atoms with Crippen molar-refractivity contribution in [2.45, 2.75) is 24.9 Å². The summed E-state index contributed by atoms with van der Waals surface area (Å²) in [4.78, 5) is 23.7. The van der Waals surface area contributed by atoms with E-state index in [1.165, 1.54) is 25.1 Å². The zero-order chi connectivity index (χ0) is 16.1. The zero-order valence-corrected chi connectivity index (χ0v) is 11.7. The molecule has 1 aromatic carbocycles. The van der Waals surface area contributed by atoms with Crippen molar-refractivity contribution in [3.63, 3.8) is 0 Å². The minimum Gasteiger partial charge on any atom is -0.508 e. The van der Waals surface area contributed by atoms with Gasteiger partial charge in [0.1, 0.15) is 17.3 Å². The fourth-order valence-corrected chi connectivity index (χ4v) is 3.04. The van der Waals surface area contributed by atoms with Crippen LogP contribution in [0.3, 0.4) is 0 Å². The zero-order valence-electron chi connectivity index (χ0n) is 11.7. The monoisotopic (exact) mass is 302 g/mol. The number of carbonyl (C=O) groups is 1. The van der Waals surface area contributed by atoms with Crippen molar-refractivity contribution >= 4 is 5.78 Å². The second-order valence-corrected chi connectivity index (χ2v) is 5.67. The summed E-state index contributed by atoms with van der Waals surface area (Å²) < 4.78 is 5.10. The molecule has 3 N–H and O–H groups in total. The number of Topliss-reactive ketones (excluding diaryl/α,β-unsaturated/α-hetero) is 1. The van der Waals surface area contributed by atoms with Crippen LogP contribution in [0.5, 0.6) is 11.5 Å². The molecule has 0 unspecified atom stereocenters. The largest absolute Gasteiger partial charge is 0.508 e. The molecule has 2 atom stereocenters. The van der Waals surface area contributed by atoms with Gasteiger partial charge in [0.05, 0.1) is 23.1 Å². The summed E-state index contributed by atoms with van der Waals surface area (Å²) in [5, 5.41) is 30.1. The van der Waals surface area contributed by atoms with Crippen LogP contribution in [-0.2, 0) is 0 Å². The van der Waals surface area contributed by atoms with Gasteiger partial charge in [0.2, 0.25) is 0 Å². The third-order valence-electron chi connectivity index (χ3n) is 3.86. The van der Waals surface area contributed by atoms with Gasteiger partial charge in [-0.05, 0) is 18.6 Å². The Bertz CT molecular complexity index is 818. The summed E-state index contributed by atoms with van der Waals surface area (Å²) in [6.07, 6.45) is -0.235. The first kappa shape index (κ1) is 14.3. The molecular weight excluding hydrogens is 288 g/mol. The summed E-state index contributed by atoms with van der Waals surface area (Å²) in [5.41, 5.74) is -1.81. The predicted molar refractivity (Wildman–Crippen MR) is 76.2 cm³/mol. The van der Waals surface area contributed by atoms with E-state index in [-0.39, 0.29) is 29.2 Å². The van der Waals surface area contributed by atoms with E-state index >= 15 is 0 Å². The van der Waals surface area contributed by atoms with Gasteiger partial charge >= 0.3 is 5.63 Å². The van der Waals surface area contributed by atoms with Crippen LogP contribution in [0.15, 0.2) is 39.5 Å². The first-order valence-electron chi connectivity index (χ1n) is 6.71. The van der Waals surface area contributed by atoms with E-state index in [0.29, 0.717) is 5.56 Å². The average Bonchev–Trinajstić information content (AvgIpc) is 2.35. The minimum atomic E-state index is -1.51. The maximum Gasteiger partial charge on any atom is 0.339 e. The molecule has 0 spiro atoms. The van der Waals surface area contributed by atoms with E-state index in [2.05, 4.69) is 0 Å². The number of carbonyl (C=O) groups excluding carboxylic acids is 1. The molecule has 0 saturated heterocycles. The van der Waals surface area contributed by atoms with E-state index in [1.807, 2.05) is 0 Å². The molecule has 0 fully saturated rings. The first-order chi connectivity index (χ1) is 10.3. The Morgan fingerprint density at radius 1 is 1.23 bits per heavy atom. The second kappa shape index (κ2) is 4.71. The predicted octanol–water partition coefficient (Wildman–Crippen LogP) is 1.52. The fourth-order valence-electron chi connectivity index (χ4n) is 3.04. The van der Waals surface area contributed by atoms with E-state index in [0.717, 1.165) is 6.07 Å². The van der Waals surface area contributed by atoms with Crippen LogP contribution in [0, 0.1) is 0 Å². The SMILES string of the molecule is C[C@@]1(O)CC(=O)c2c(O)cccc2[C@@H]1c1cc(O)cc(=O)o1. The molecule has 1 aromatic heterocycles. The lowest BCUT2D eigenvalue weighted by molar-refractivity contribution is 0.0219. The van der Waals surface area contributed by atoms with Crippen LogP contribution < -0.4 is 5.63 Å².